The molecule has 0 amide bonds. The summed E-state index contributed by atoms with van der Waals surface area (Å²) in [5.74, 6) is 0. The van der Waals surface area contributed by atoms with Crippen molar-refractivity contribution in [2.24, 2.45) is 0 Å². The molecular weight excluding hydrogens is 342 g/mol. The van der Waals surface area contributed by atoms with E-state index in [2.05, 4.69) is 58.5 Å². The Morgan fingerprint density at radius 2 is 2.16 bits per heavy atom. The zero-order valence-corrected chi connectivity index (χ0v) is 14.0. The number of halogens is 2. The number of thiophene rings is 1. The van der Waals surface area contributed by atoms with E-state index in [-0.39, 0.29) is 0 Å². The largest absolute Gasteiger partial charge is 0.310 e. The van der Waals surface area contributed by atoms with E-state index in [1.807, 2.05) is 6.07 Å². The SMILES string of the molecule is CCCNC(Cc1ccc(Cl)s1)c1cccc(Br)c1. The van der Waals surface area contributed by atoms with Gasteiger partial charge in [0.25, 0.3) is 0 Å². The first kappa shape index (κ1) is 15.0. The van der Waals surface area contributed by atoms with Crippen molar-refractivity contribution in [1.29, 1.82) is 0 Å². The Labute approximate surface area is 132 Å². The van der Waals surface area contributed by atoms with Gasteiger partial charge in [0, 0.05) is 21.8 Å². The maximum atomic E-state index is 6.01. The lowest BCUT2D eigenvalue weighted by Crippen LogP contribution is -2.23. The highest BCUT2D eigenvalue weighted by Crippen LogP contribution is 2.27. The van der Waals surface area contributed by atoms with Gasteiger partial charge in [-0.2, -0.15) is 0 Å². The van der Waals surface area contributed by atoms with E-state index >= 15 is 0 Å². The predicted octanol–water partition coefficient (Wildman–Crippen LogP) is 5.45. The highest BCUT2D eigenvalue weighted by atomic mass is 79.9. The Morgan fingerprint density at radius 1 is 1.32 bits per heavy atom. The number of benzene rings is 1. The van der Waals surface area contributed by atoms with E-state index in [1.54, 1.807) is 11.3 Å². The van der Waals surface area contributed by atoms with Crippen molar-refractivity contribution >= 4 is 38.9 Å². The zero-order valence-electron chi connectivity index (χ0n) is 10.8. The summed E-state index contributed by atoms with van der Waals surface area (Å²) in [6, 6.07) is 12.9. The first-order valence-electron chi connectivity index (χ1n) is 6.42. The van der Waals surface area contributed by atoms with Gasteiger partial charge < -0.3 is 5.32 Å². The van der Waals surface area contributed by atoms with Crippen LogP contribution < -0.4 is 5.32 Å². The lowest BCUT2D eigenvalue weighted by atomic mass is 10.0. The Kier molecular flexibility index (Phi) is 5.89. The third-order valence-corrected chi connectivity index (χ3v) is 4.67. The molecule has 1 unspecified atom stereocenters. The van der Waals surface area contributed by atoms with Crippen molar-refractivity contribution in [3.8, 4) is 0 Å². The highest BCUT2D eigenvalue weighted by Gasteiger charge is 2.13. The van der Waals surface area contributed by atoms with Crippen LogP contribution in [0.2, 0.25) is 4.34 Å². The molecule has 102 valence electrons. The number of hydrogen-bond donors (Lipinski definition) is 1. The normalized spacial score (nSPS) is 12.6. The van der Waals surface area contributed by atoms with Crippen molar-refractivity contribution < 1.29 is 0 Å². The molecule has 1 aromatic carbocycles. The second kappa shape index (κ2) is 7.44. The molecule has 0 aliphatic rings. The molecule has 19 heavy (non-hydrogen) atoms. The van der Waals surface area contributed by atoms with Crippen molar-refractivity contribution in [3.05, 3.63) is 55.6 Å². The Morgan fingerprint density at radius 3 is 2.79 bits per heavy atom. The van der Waals surface area contributed by atoms with Gasteiger partial charge in [-0.3, -0.25) is 0 Å². The van der Waals surface area contributed by atoms with E-state index < -0.39 is 0 Å². The monoisotopic (exact) mass is 357 g/mol. The van der Waals surface area contributed by atoms with Crippen LogP contribution in [0.1, 0.15) is 29.8 Å². The second-order valence-electron chi connectivity index (χ2n) is 4.47. The molecule has 1 N–H and O–H groups in total. The van der Waals surface area contributed by atoms with Crippen LogP contribution >= 0.6 is 38.9 Å². The summed E-state index contributed by atoms with van der Waals surface area (Å²) >= 11 is 11.2. The van der Waals surface area contributed by atoms with Crippen LogP contribution in [0.15, 0.2) is 40.9 Å². The topological polar surface area (TPSA) is 12.0 Å². The third-order valence-electron chi connectivity index (χ3n) is 2.93. The predicted molar refractivity (Wildman–Crippen MR) is 88.2 cm³/mol. The van der Waals surface area contributed by atoms with Crippen LogP contribution in [0.3, 0.4) is 0 Å². The average Bonchev–Trinajstić information content (AvgIpc) is 2.80. The molecule has 1 aromatic heterocycles. The van der Waals surface area contributed by atoms with Gasteiger partial charge in [0.05, 0.1) is 4.34 Å². The molecule has 1 heterocycles. The molecular formula is C15H17BrClNS. The van der Waals surface area contributed by atoms with E-state index in [9.17, 15) is 0 Å². The van der Waals surface area contributed by atoms with Crippen LogP contribution in [0, 0.1) is 0 Å². The van der Waals surface area contributed by atoms with Crippen LogP contribution in [-0.4, -0.2) is 6.54 Å². The molecule has 2 aromatic rings. The molecule has 0 spiro atoms. The number of rotatable bonds is 6. The number of nitrogens with one attached hydrogen (secondary N) is 1. The molecule has 0 saturated carbocycles. The maximum Gasteiger partial charge on any atom is 0.0931 e. The van der Waals surface area contributed by atoms with Crippen LogP contribution in [0.4, 0.5) is 0 Å². The lowest BCUT2D eigenvalue weighted by molar-refractivity contribution is 0.532. The molecule has 0 aliphatic carbocycles. The first-order valence-corrected chi connectivity index (χ1v) is 8.41. The smallest absolute Gasteiger partial charge is 0.0931 e. The molecule has 4 heteroatoms. The van der Waals surface area contributed by atoms with Gasteiger partial charge in [-0.25, -0.2) is 0 Å². The summed E-state index contributed by atoms with van der Waals surface area (Å²) in [4.78, 5) is 1.32. The Bertz CT molecular complexity index is 526. The van der Waals surface area contributed by atoms with Crippen LogP contribution in [0.5, 0.6) is 0 Å². The lowest BCUT2D eigenvalue weighted by Gasteiger charge is -2.18. The molecule has 1 atom stereocenters. The van der Waals surface area contributed by atoms with Gasteiger partial charge in [0.1, 0.15) is 0 Å². The third kappa shape index (κ3) is 4.60. The first-order chi connectivity index (χ1) is 9.19. The molecule has 0 bridgehead atoms. The molecule has 0 saturated heterocycles. The summed E-state index contributed by atoms with van der Waals surface area (Å²) in [6.07, 6.45) is 2.11. The minimum Gasteiger partial charge on any atom is -0.310 e. The van der Waals surface area contributed by atoms with Crippen LogP contribution in [0.25, 0.3) is 0 Å². The van der Waals surface area contributed by atoms with E-state index in [0.717, 1.165) is 28.2 Å². The van der Waals surface area contributed by atoms with E-state index in [4.69, 9.17) is 11.6 Å². The minimum absolute atomic E-state index is 0.340. The summed E-state index contributed by atoms with van der Waals surface area (Å²) in [7, 11) is 0. The maximum absolute atomic E-state index is 6.01. The Hall–Kier alpha value is -0.350. The van der Waals surface area contributed by atoms with Crippen molar-refractivity contribution in [2.75, 3.05) is 6.54 Å². The van der Waals surface area contributed by atoms with E-state index in [1.165, 1.54) is 10.4 Å². The van der Waals surface area contributed by atoms with Crippen molar-refractivity contribution in [2.45, 2.75) is 25.8 Å². The minimum atomic E-state index is 0.340. The van der Waals surface area contributed by atoms with Gasteiger partial charge in [0.2, 0.25) is 0 Å². The van der Waals surface area contributed by atoms with Gasteiger partial charge >= 0.3 is 0 Å². The zero-order chi connectivity index (χ0) is 13.7. The summed E-state index contributed by atoms with van der Waals surface area (Å²) in [5.41, 5.74) is 1.31. The molecule has 0 fully saturated rings. The van der Waals surface area contributed by atoms with Gasteiger partial charge in [0.15, 0.2) is 0 Å². The fourth-order valence-corrected chi connectivity index (χ4v) is 3.56. The van der Waals surface area contributed by atoms with Crippen molar-refractivity contribution in [3.63, 3.8) is 0 Å². The molecule has 0 radical (unpaired) electrons. The van der Waals surface area contributed by atoms with Gasteiger partial charge in [-0.1, -0.05) is 46.6 Å². The fourth-order valence-electron chi connectivity index (χ4n) is 2.01. The molecule has 1 nitrogen and oxygen atoms in total. The van der Waals surface area contributed by atoms with E-state index in [0.29, 0.717) is 6.04 Å². The average molecular weight is 359 g/mol. The standard InChI is InChI=1S/C15H17BrClNS/c1-2-8-18-14(10-13-6-7-15(17)19-13)11-4-3-5-12(16)9-11/h3-7,9,14,18H,2,8,10H2,1H3. The molecule has 0 aliphatic heterocycles. The number of hydrogen-bond acceptors (Lipinski definition) is 2. The summed E-state index contributed by atoms with van der Waals surface area (Å²) in [5, 5.41) is 3.61. The van der Waals surface area contributed by atoms with Crippen LogP contribution in [-0.2, 0) is 6.42 Å². The highest BCUT2D eigenvalue weighted by molar-refractivity contribution is 9.10. The quantitative estimate of drug-likeness (QED) is 0.724. The van der Waals surface area contributed by atoms with Crippen molar-refractivity contribution in [1.82, 2.24) is 5.32 Å². The summed E-state index contributed by atoms with van der Waals surface area (Å²) in [6.45, 7) is 3.21. The fraction of sp³-hybridized carbons (Fsp3) is 0.333. The second-order valence-corrected chi connectivity index (χ2v) is 7.19. The molecule has 2 rings (SSSR count). The Balaban J connectivity index is 2.15. The van der Waals surface area contributed by atoms with Gasteiger partial charge in [-0.05, 0) is 42.8 Å². The summed E-state index contributed by atoms with van der Waals surface area (Å²) < 4.78 is 1.98. The van der Waals surface area contributed by atoms with Gasteiger partial charge in [-0.15, -0.1) is 11.3 Å².